The summed E-state index contributed by atoms with van der Waals surface area (Å²) >= 11 is 0. The largest absolute Gasteiger partial charge is 0.341 e. The number of amides is 1. The Morgan fingerprint density at radius 2 is 1.89 bits per heavy atom. The van der Waals surface area contributed by atoms with E-state index in [0.29, 0.717) is 18.4 Å². The number of tetrazole rings is 1. The maximum Gasteiger partial charge on any atom is 0.248 e. The smallest absolute Gasteiger partial charge is 0.248 e. The molecule has 0 aliphatic carbocycles. The molecule has 2 N–H and O–H groups in total. The Morgan fingerprint density at radius 1 is 1.22 bits per heavy atom. The minimum atomic E-state index is -0.334. The van der Waals surface area contributed by atoms with Crippen LogP contribution in [0.5, 0.6) is 0 Å². The van der Waals surface area contributed by atoms with Crippen LogP contribution in [0.15, 0.2) is 30.3 Å². The molecule has 1 atom stereocenters. The molecule has 1 aromatic heterocycles. The van der Waals surface area contributed by atoms with Crippen LogP contribution in [0.2, 0.25) is 0 Å². The lowest BCUT2D eigenvalue weighted by molar-refractivity contribution is -0.133. The van der Waals surface area contributed by atoms with Crippen LogP contribution in [0.3, 0.4) is 0 Å². The fourth-order valence-electron chi connectivity index (χ4n) is 3.12. The number of likely N-dealkylation sites (tertiary alicyclic amines) is 1. The van der Waals surface area contributed by atoms with E-state index in [1.165, 1.54) is 0 Å². The maximum absolute atomic E-state index is 12.9. The quantitative estimate of drug-likeness (QED) is 0.748. The van der Waals surface area contributed by atoms with Gasteiger partial charge in [0.15, 0.2) is 0 Å². The number of benzene rings is 1. The molecule has 2 aromatic rings. The van der Waals surface area contributed by atoms with Gasteiger partial charge in [-0.2, -0.15) is 4.68 Å². The Kier molecular flexibility index (Phi) is 9.48. The van der Waals surface area contributed by atoms with E-state index in [0.717, 1.165) is 31.6 Å². The molecule has 0 spiro atoms. The Balaban J connectivity index is 0.00000182. The van der Waals surface area contributed by atoms with Gasteiger partial charge in [-0.1, -0.05) is 30.2 Å². The van der Waals surface area contributed by atoms with Crippen molar-refractivity contribution in [3.8, 4) is 5.69 Å². The highest BCUT2D eigenvalue weighted by Crippen LogP contribution is 2.16. The summed E-state index contributed by atoms with van der Waals surface area (Å²) in [6.07, 6.45) is 2.65. The fraction of sp³-hybridized carbons (Fsp3) is 0.529. The van der Waals surface area contributed by atoms with Gasteiger partial charge in [-0.25, -0.2) is 0 Å². The van der Waals surface area contributed by atoms with Crippen molar-refractivity contribution in [3.05, 3.63) is 30.3 Å². The summed E-state index contributed by atoms with van der Waals surface area (Å²) < 4.78 is 1.61. The second-order valence-corrected chi connectivity index (χ2v) is 6.24. The molecular weight excluding hydrogens is 389 g/mol. The number of carbonyl (C=O) groups is 1. The van der Waals surface area contributed by atoms with E-state index in [1.54, 1.807) is 4.68 Å². The lowest BCUT2D eigenvalue weighted by atomic mass is 10.0. The Bertz CT molecular complexity index is 690. The summed E-state index contributed by atoms with van der Waals surface area (Å²) in [6.45, 7) is 3.56. The topological polar surface area (TPSA) is 88.0 Å². The van der Waals surface area contributed by atoms with Gasteiger partial charge in [0.1, 0.15) is 6.04 Å². The first kappa shape index (κ1) is 23.1. The molecule has 1 fully saturated rings. The van der Waals surface area contributed by atoms with Crippen molar-refractivity contribution in [1.82, 2.24) is 30.4 Å². The van der Waals surface area contributed by atoms with E-state index >= 15 is 0 Å². The third-order valence-electron chi connectivity index (χ3n) is 4.69. The first-order chi connectivity index (χ1) is 12.2. The molecule has 2 heterocycles. The number of hydrogen-bond donors (Lipinski definition) is 2. The summed E-state index contributed by atoms with van der Waals surface area (Å²) in [5.74, 6) is 0.594. The van der Waals surface area contributed by atoms with Crippen molar-refractivity contribution in [2.75, 3.05) is 25.5 Å². The van der Waals surface area contributed by atoms with Gasteiger partial charge >= 0.3 is 0 Å². The highest BCUT2D eigenvalue weighted by Gasteiger charge is 2.28. The highest BCUT2D eigenvalue weighted by molar-refractivity contribution is 5.85. The molecule has 0 radical (unpaired) electrons. The molecule has 0 bridgehead atoms. The minimum absolute atomic E-state index is 0. The number of nitrogens with zero attached hydrogens (tertiary/aromatic N) is 5. The number of hydrogen-bond acceptors (Lipinski definition) is 6. The average Bonchev–Trinajstić information content (AvgIpc) is 3.14. The van der Waals surface area contributed by atoms with Crippen LogP contribution in [0, 0.1) is 0 Å². The van der Waals surface area contributed by atoms with Gasteiger partial charge in [0.2, 0.25) is 11.9 Å². The van der Waals surface area contributed by atoms with E-state index in [9.17, 15) is 4.79 Å². The third kappa shape index (κ3) is 5.54. The van der Waals surface area contributed by atoms with Gasteiger partial charge in [0.05, 0.1) is 5.69 Å². The van der Waals surface area contributed by atoms with Crippen molar-refractivity contribution in [1.29, 1.82) is 0 Å². The number of anilines is 1. The van der Waals surface area contributed by atoms with E-state index in [2.05, 4.69) is 26.2 Å². The molecule has 1 aliphatic heterocycles. The minimum Gasteiger partial charge on any atom is -0.341 e. The van der Waals surface area contributed by atoms with Crippen molar-refractivity contribution >= 4 is 36.7 Å². The number of nitrogens with one attached hydrogen (secondary N) is 2. The zero-order chi connectivity index (χ0) is 17.6. The summed E-state index contributed by atoms with van der Waals surface area (Å²) in [6, 6.07) is 9.81. The van der Waals surface area contributed by atoms with Crippen LogP contribution in [0.25, 0.3) is 5.69 Å². The normalized spacial score (nSPS) is 15.4. The van der Waals surface area contributed by atoms with Gasteiger partial charge < -0.3 is 15.5 Å². The van der Waals surface area contributed by atoms with E-state index in [1.807, 2.05) is 49.2 Å². The van der Waals surface area contributed by atoms with Crippen molar-refractivity contribution in [2.45, 2.75) is 38.3 Å². The Labute approximate surface area is 171 Å². The summed E-state index contributed by atoms with van der Waals surface area (Å²) in [5, 5.41) is 18.3. The zero-order valence-corrected chi connectivity index (χ0v) is 17.2. The first-order valence-corrected chi connectivity index (χ1v) is 8.79. The Morgan fingerprint density at radius 3 is 2.48 bits per heavy atom. The Hall–Kier alpha value is -1.90. The second kappa shape index (κ2) is 11.1. The van der Waals surface area contributed by atoms with E-state index < -0.39 is 0 Å². The van der Waals surface area contributed by atoms with Crippen LogP contribution in [0.1, 0.15) is 26.2 Å². The number of carbonyl (C=O) groups excluding carboxylic acids is 1. The molecule has 1 saturated heterocycles. The van der Waals surface area contributed by atoms with Crippen LogP contribution >= 0.6 is 24.8 Å². The molecule has 1 unspecified atom stereocenters. The number of para-hydroxylation sites is 1. The predicted octanol–water partition coefficient (Wildman–Crippen LogP) is 1.91. The SMILES string of the molecule is CCC(Nc1nnnn1-c1ccccc1)C(=O)N1CCC(NC)CC1.Cl.Cl. The molecule has 10 heteroatoms. The van der Waals surface area contributed by atoms with E-state index in [-0.39, 0.29) is 36.8 Å². The molecule has 1 aliphatic rings. The maximum atomic E-state index is 12.9. The fourth-order valence-corrected chi connectivity index (χ4v) is 3.12. The zero-order valence-electron chi connectivity index (χ0n) is 15.5. The molecule has 0 saturated carbocycles. The molecule has 3 rings (SSSR count). The number of piperidine rings is 1. The van der Waals surface area contributed by atoms with Crippen molar-refractivity contribution < 1.29 is 4.79 Å². The molecule has 8 nitrogen and oxygen atoms in total. The molecule has 150 valence electrons. The lowest BCUT2D eigenvalue weighted by Gasteiger charge is -2.34. The van der Waals surface area contributed by atoms with Gasteiger partial charge in [0, 0.05) is 19.1 Å². The molecule has 1 aromatic carbocycles. The summed E-state index contributed by atoms with van der Waals surface area (Å²) in [7, 11) is 1.97. The monoisotopic (exact) mass is 415 g/mol. The van der Waals surface area contributed by atoms with Gasteiger partial charge in [0.25, 0.3) is 0 Å². The summed E-state index contributed by atoms with van der Waals surface area (Å²) in [5.41, 5.74) is 0.854. The van der Waals surface area contributed by atoms with Crippen LogP contribution in [-0.4, -0.2) is 63.2 Å². The number of rotatable bonds is 6. The van der Waals surface area contributed by atoms with Gasteiger partial charge in [-0.05, 0) is 48.9 Å². The standard InChI is InChI=1S/C17H25N7O.2ClH/c1-3-15(16(25)23-11-9-13(18-2)10-12-23)19-17-20-21-22-24(17)14-7-5-4-6-8-14;;/h4-8,13,15,18H,3,9-12H2,1-2H3,(H,19,20,22);2*1H. The highest BCUT2D eigenvalue weighted by atomic mass is 35.5. The lowest BCUT2D eigenvalue weighted by Crippen LogP contribution is -2.49. The predicted molar refractivity (Wildman–Crippen MR) is 110 cm³/mol. The molecule has 27 heavy (non-hydrogen) atoms. The van der Waals surface area contributed by atoms with Gasteiger partial charge in [-0.3, -0.25) is 4.79 Å². The van der Waals surface area contributed by atoms with Gasteiger partial charge in [-0.15, -0.1) is 24.8 Å². The number of aromatic nitrogens is 4. The van der Waals surface area contributed by atoms with E-state index in [4.69, 9.17) is 0 Å². The second-order valence-electron chi connectivity index (χ2n) is 6.24. The van der Waals surface area contributed by atoms with Crippen molar-refractivity contribution in [3.63, 3.8) is 0 Å². The first-order valence-electron chi connectivity index (χ1n) is 8.79. The molecular formula is C17H27Cl2N7O. The number of halogens is 2. The van der Waals surface area contributed by atoms with Crippen molar-refractivity contribution in [2.24, 2.45) is 0 Å². The average molecular weight is 416 g/mol. The van der Waals surface area contributed by atoms with Crippen LogP contribution in [-0.2, 0) is 4.79 Å². The van der Waals surface area contributed by atoms with Crippen LogP contribution < -0.4 is 10.6 Å². The van der Waals surface area contributed by atoms with Crippen LogP contribution in [0.4, 0.5) is 5.95 Å². The molecule has 1 amide bonds. The summed E-state index contributed by atoms with van der Waals surface area (Å²) in [4.78, 5) is 14.8. The third-order valence-corrected chi connectivity index (χ3v) is 4.69.